The van der Waals surface area contributed by atoms with Crippen LogP contribution in [0.5, 0.6) is 0 Å². The molecule has 0 saturated heterocycles. The lowest BCUT2D eigenvalue weighted by Gasteiger charge is -2.20. The number of nitrogens with zero attached hydrogens (tertiary/aromatic N) is 3. The van der Waals surface area contributed by atoms with Gasteiger partial charge in [0.1, 0.15) is 22.3 Å². The highest BCUT2D eigenvalue weighted by atomic mass is 16.3. The molecule has 0 amide bonds. The van der Waals surface area contributed by atoms with Gasteiger partial charge in [0.25, 0.3) is 0 Å². The minimum absolute atomic E-state index is 0.361. The Bertz CT molecular complexity index is 3490. The van der Waals surface area contributed by atoms with Crippen LogP contribution in [0.4, 0.5) is 0 Å². The van der Waals surface area contributed by atoms with Crippen molar-refractivity contribution in [3.8, 4) is 56.4 Å². The van der Waals surface area contributed by atoms with Gasteiger partial charge in [0.2, 0.25) is 0 Å². The lowest BCUT2D eigenvalue weighted by atomic mass is 9.83. The summed E-state index contributed by atoms with van der Waals surface area (Å²) in [6.07, 6.45) is 5.54. The van der Waals surface area contributed by atoms with Gasteiger partial charge in [-0.3, -0.25) is 0 Å². The first-order chi connectivity index (χ1) is 29.1. The lowest BCUT2D eigenvalue weighted by Crippen LogP contribution is -2.02. The summed E-state index contributed by atoms with van der Waals surface area (Å²) in [6, 6.07) is 56.9. The molecule has 12 rings (SSSR count). The topological polar surface area (TPSA) is 65.0 Å². The van der Waals surface area contributed by atoms with E-state index in [0.717, 1.165) is 94.6 Å². The Balaban J connectivity index is 1.13. The molecule has 0 aliphatic heterocycles. The molecule has 8 aromatic carbocycles. The number of hydrogen-bond acceptors (Lipinski definition) is 5. The van der Waals surface area contributed by atoms with Crippen LogP contribution >= 0.6 is 0 Å². The number of para-hydroxylation sites is 2. The van der Waals surface area contributed by atoms with E-state index in [0.29, 0.717) is 23.4 Å². The second-order valence-electron chi connectivity index (χ2n) is 15.6. The molecule has 1 unspecified atom stereocenters. The molecule has 1 aliphatic carbocycles. The Kier molecular flexibility index (Phi) is 7.51. The molecule has 11 aromatic rings. The second-order valence-corrected chi connectivity index (χ2v) is 15.6. The molecule has 3 aromatic heterocycles. The van der Waals surface area contributed by atoms with Crippen LogP contribution in [0.3, 0.4) is 0 Å². The van der Waals surface area contributed by atoms with Gasteiger partial charge in [-0.2, -0.15) is 0 Å². The molecule has 0 radical (unpaired) electrons. The third-order valence-corrected chi connectivity index (χ3v) is 11.9. The number of furan rings is 2. The number of hydrogen-bond donors (Lipinski definition) is 0. The quantitative estimate of drug-likeness (QED) is 0.175. The largest absolute Gasteiger partial charge is 0.456 e. The van der Waals surface area contributed by atoms with Gasteiger partial charge in [-0.05, 0) is 87.3 Å². The first-order valence-corrected chi connectivity index (χ1v) is 20.1. The molecule has 0 spiro atoms. The fourth-order valence-corrected chi connectivity index (χ4v) is 9.06. The van der Waals surface area contributed by atoms with E-state index in [-0.39, 0.29) is 0 Å². The van der Waals surface area contributed by atoms with Crippen molar-refractivity contribution in [3.05, 3.63) is 181 Å². The van der Waals surface area contributed by atoms with Crippen molar-refractivity contribution in [2.45, 2.75) is 19.3 Å². The maximum atomic E-state index is 6.80. The average Bonchev–Trinajstić information content (AvgIpc) is 3.87. The van der Waals surface area contributed by atoms with Gasteiger partial charge in [-0.15, -0.1) is 0 Å². The third kappa shape index (κ3) is 5.50. The van der Waals surface area contributed by atoms with Crippen molar-refractivity contribution in [3.63, 3.8) is 0 Å². The predicted octanol–water partition coefficient (Wildman–Crippen LogP) is 14.7. The summed E-state index contributed by atoms with van der Waals surface area (Å²) in [5, 5.41) is 6.55. The summed E-state index contributed by atoms with van der Waals surface area (Å²) in [6.45, 7) is 2.31. The molecule has 5 nitrogen and oxygen atoms in total. The zero-order chi connectivity index (χ0) is 39.0. The highest BCUT2D eigenvalue weighted by Gasteiger charge is 2.26. The smallest absolute Gasteiger partial charge is 0.164 e. The van der Waals surface area contributed by atoms with Gasteiger partial charge < -0.3 is 8.83 Å². The SMILES string of the molecule is CC1CC=Cc2cc(-c3cc(-c4nc(-c5ccc(-c6ccccc6)cc5)nc(-c5ccc6ccccc6c5)n4)c4c(c3)oc3ccccc34)c3oc4ccccc4c3c21. The zero-order valence-electron chi connectivity index (χ0n) is 32.2. The van der Waals surface area contributed by atoms with E-state index < -0.39 is 0 Å². The normalized spacial score (nSPS) is 13.9. The molecule has 59 heavy (non-hydrogen) atoms. The van der Waals surface area contributed by atoms with Gasteiger partial charge in [-0.25, -0.2) is 15.0 Å². The molecule has 0 fully saturated rings. The minimum Gasteiger partial charge on any atom is -0.456 e. The average molecular weight is 758 g/mol. The molecule has 0 N–H and O–H groups in total. The van der Waals surface area contributed by atoms with E-state index in [9.17, 15) is 0 Å². The van der Waals surface area contributed by atoms with Crippen molar-refractivity contribution in [1.82, 2.24) is 15.0 Å². The Hall–Kier alpha value is -7.63. The standard InChI is InChI=1S/C54H35N3O2/c1-32-12-11-17-38-29-43(51-50(48(32)38)42-19-8-10-21-46(42)59-51)40-30-44(49-41-18-7-9-20-45(41)58-47(49)31-40)54-56-52(36-25-22-35(23-26-36)33-13-3-2-4-14-33)55-53(57-54)39-27-24-34-15-5-6-16-37(34)28-39/h2-11,13-32H,12H2,1H3. The number of benzene rings is 8. The highest BCUT2D eigenvalue weighted by Crippen LogP contribution is 2.47. The van der Waals surface area contributed by atoms with Crippen molar-refractivity contribution < 1.29 is 8.83 Å². The molecule has 0 saturated carbocycles. The second kappa shape index (κ2) is 13.2. The number of aromatic nitrogens is 3. The van der Waals surface area contributed by atoms with E-state index in [1.165, 1.54) is 16.5 Å². The van der Waals surface area contributed by atoms with Crippen molar-refractivity contribution in [2.24, 2.45) is 0 Å². The Morgan fingerprint density at radius 3 is 1.90 bits per heavy atom. The Labute approximate surface area is 340 Å². The van der Waals surface area contributed by atoms with Crippen molar-refractivity contribution >= 4 is 60.7 Å². The van der Waals surface area contributed by atoms with Crippen LogP contribution in [-0.2, 0) is 0 Å². The first kappa shape index (κ1) is 33.5. The molecular weight excluding hydrogens is 723 g/mol. The third-order valence-electron chi connectivity index (χ3n) is 11.9. The van der Waals surface area contributed by atoms with Crippen LogP contribution in [0.1, 0.15) is 30.4 Å². The van der Waals surface area contributed by atoms with Crippen LogP contribution in [0.15, 0.2) is 179 Å². The first-order valence-electron chi connectivity index (χ1n) is 20.1. The molecule has 0 bridgehead atoms. The molecule has 1 aliphatic rings. The molecule has 1 atom stereocenters. The molecular formula is C54H35N3O2. The van der Waals surface area contributed by atoms with Crippen LogP contribution in [0.25, 0.3) is 117 Å². The van der Waals surface area contributed by atoms with E-state index in [1.54, 1.807) is 0 Å². The predicted molar refractivity (Wildman–Crippen MR) is 241 cm³/mol. The maximum absolute atomic E-state index is 6.80. The van der Waals surface area contributed by atoms with Gasteiger partial charge in [0.05, 0.1) is 0 Å². The molecule has 278 valence electrons. The fraction of sp³-hybridized carbons (Fsp3) is 0.0556. The molecule has 5 heteroatoms. The summed E-state index contributed by atoms with van der Waals surface area (Å²) in [7, 11) is 0. The van der Waals surface area contributed by atoms with Crippen molar-refractivity contribution in [2.75, 3.05) is 0 Å². The van der Waals surface area contributed by atoms with Crippen LogP contribution in [0, 0.1) is 0 Å². The van der Waals surface area contributed by atoms with Gasteiger partial charge in [0.15, 0.2) is 17.5 Å². The summed E-state index contributed by atoms with van der Waals surface area (Å²) in [5.41, 5.74) is 12.8. The Morgan fingerprint density at radius 2 is 1.08 bits per heavy atom. The van der Waals surface area contributed by atoms with E-state index in [1.807, 2.05) is 24.3 Å². The van der Waals surface area contributed by atoms with Gasteiger partial charge in [0, 0.05) is 43.8 Å². The van der Waals surface area contributed by atoms with E-state index in [2.05, 4.69) is 159 Å². The lowest BCUT2D eigenvalue weighted by molar-refractivity contribution is 0.667. The maximum Gasteiger partial charge on any atom is 0.164 e. The molecule has 3 heterocycles. The van der Waals surface area contributed by atoms with E-state index in [4.69, 9.17) is 23.8 Å². The van der Waals surface area contributed by atoms with Crippen molar-refractivity contribution in [1.29, 1.82) is 0 Å². The van der Waals surface area contributed by atoms with Gasteiger partial charge in [-0.1, -0.05) is 146 Å². The summed E-state index contributed by atoms with van der Waals surface area (Å²) < 4.78 is 13.5. The number of rotatable bonds is 5. The van der Waals surface area contributed by atoms with Crippen LogP contribution in [-0.4, -0.2) is 15.0 Å². The van der Waals surface area contributed by atoms with Crippen LogP contribution in [0.2, 0.25) is 0 Å². The Morgan fingerprint density at radius 1 is 0.458 bits per heavy atom. The highest BCUT2D eigenvalue weighted by molar-refractivity contribution is 6.16. The number of fused-ring (bicyclic) bond motifs is 9. The van der Waals surface area contributed by atoms with E-state index >= 15 is 0 Å². The zero-order valence-corrected chi connectivity index (χ0v) is 32.2. The minimum atomic E-state index is 0.361. The summed E-state index contributed by atoms with van der Waals surface area (Å²) in [5.74, 6) is 2.12. The monoisotopic (exact) mass is 757 g/mol. The van der Waals surface area contributed by atoms with Crippen LogP contribution < -0.4 is 0 Å². The fourth-order valence-electron chi connectivity index (χ4n) is 9.06. The summed E-state index contributed by atoms with van der Waals surface area (Å²) in [4.78, 5) is 15.8. The summed E-state index contributed by atoms with van der Waals surface area (Å²) >= 11 is 0. The van der Waals surface area contributed by atoms with Gasteiger partial charge >= 0.3 is 0 Å². The number of allylic oxidation sites excluding steroid dienone is 1.